The van der Waals surface area contributed by atoms with E-state index in [4.69, 9.17) is 5.73 Å². The van der Waals surface area contributed by atoms with Crippen LogP contribution in [0.4, 0.5) is 0 Å². The Morgan fingerprint density at radius 2 is 1.35 bits per heavy atom. The quantitative estimate of drug-likeness (QED) is 0.596. The summed E-state index contributed by atoms with van der Waals surface area (Å²) < 4.78 is 0. The lowest BCUT2D eigenvalue weighted by Crippen LogP contribution is -2.33. The molecule has 1 aliphatic rings. The van der Waals surface area contributed by atoms with Crippen LogP contribution in [0.15, 0.2) is 35.5 Å². The summed E-state index contributed by atoms with van der Waals surface area (Å²) in [7, 11) is 0. The third-order valence-electron chi connectivity index (χ3n) is 3.65. The lowest BCUT2D eigenvalue weighted by atomic mass is 9.90. The van der Waals surface area contributed by atoms with E-state index in [1.807, 2.05) is 27.7 Å². The Bertz CT molecular complexity index is 310. The van der Waals surface area contributed by atoms with Crippen molar-refractivity contribution in [3.05, 3.63) is 35.5 Å². The van der Waals surface area contributed by atoms with Crippen molar-refractivity contribution in [1.82, 2.24) is 0 Å². The summed E-state index contributed by atoms with van der Waals surface area (Å²) in [6.45, 7) is 16.7. The van der Waals surface area contributed by atoms with Crippen LogP contribution in [-0.4, -0.2) is 6.04 Å². The monoisotopic (exact) mass is 279 g/mol. The van der Waals surface area contributed by atoms with Crippen LogP contribution in [0.25, 0.3) is 0 Å². The first-order chi connectivity index (χ1) is 9.60. The van der Waals surface area contributed by atoms with Crippen molar-refractivity contribution in [3.63, 3.8) is 0 Å². The van der Waals surface area contributed by atoms with E-state index < -0.39 is 0 Å². The Balaban J connectivity index is 0. The summed E-state index contributed by atoms with van der Waals surface area (Å²) >= 11 is 0. The Morgan fingerprint density at radius 3 is 1.75 bits per heavy atom. The van der Waals surface area contributed by atoms with Crippen LogP contribution in [-0.2, 0) is 0 Å². The van der Waals surface area contributed by atoms with Crippen molar-refractivity contribution in [2.45, 2.75) is 74.3 Å². The van der Waals surface area contributed by atoms with Gasteiger partial charge in [-0.15, -0.1) is 0 Å². The van der Waals surface area contributed by atoms with Gasteiger partial charge in [0.05, 0.1) is 0 Å². The van der Waals surface area contributed by atoms with Gasteiger partial charge in [-0.05, 0) is 49.7 Å². The Kier molecular flexibility index (Phi) is 14.2. The third kappa shape index (κ3) is 7.09. The van der Waals surface area contributed by atoms with Gasteiger partial charge in [-0.25, -0.2) is 0 Å². The first kappa shape index (κ1) is 21.5. The molecule has 1 aliphatic carbocycles. The number of rotatable bonds is 1. The molecule has 2 N–H and O–H groups in total. The SMILES string of the molecule is CC.CC.C\C=C/C=C1/CC(C)C(N)C(C)C/C1=C/C. The van der Waals surface area contributed by atoms with Gasteiger partial charge in [0, 0.05) is 6.04 Å². The average molecular weight is 280 g/mol. The van der Waals surface area contributed by atoms with E-state index in [2.05, 4.69) is 52.0 Å². The van der Waals surface area contributed by atoms with Gasteiger partial charge < -0.3 is 5.73 Å². The molecule has 0 heterocycles. The minimum Gasteiger partial charge on any atom is -0.327 e. The van der Waals surface area contributed by atoms with Crippen molar-refractivity contribution in [3.8, 4) is 0 Å². The molecule has 0 aromatic rings. The Hall–Kier alpha value is -0.820. The maximum Gasteiger partial charge on any atom is 0.00967 e. The van der Waals surface area contributed by atoms with Gasteiger partial charge in [-0.1, -0.05) is 65.8 Å². The third-order valence-corrected chi connectivity index (χ3v) is 3.65. The standard InChI is InChI=1S/C15H25N.2C2H6/c1-5-7-8-14-10-12(4)15(16)11(3)9-13(14)6-2;2*1-2/h5-8,11-12,15H,9-10,16H2,1-4H3;2*1-2H3/b7-5-,13-6-,14-8-;;. The molecule has 0 saturated heterocycles. The van der Waals surface area contributed by atoms with E-state index >= 15 is 0 Å². The second-order valence-corrected chi connectivity index (χ2v) is 4.97. The second-order valence-electron chi connectivity index (χ2n) is 4.97. The summed E-state index contributed by atoms with van der Waals surface area (Å²) in [6.07, 6.45) is 10.9. The van der Waals surface area contributed by atoms with Crippen LogP contribution >= 0.6 is 0 Å². The van der Waals surface area contributed by atoms with Crippen molar-refractivity contribution in [1.29, 1.82) is 0 Å². The Morgan fingerprint density at radius 1 is 0.900 bits per heavy atom. The molecule has 3 atom stereocenters. The van der Waals surface area contributed by atoms with Crippen molar-refractivity contribution in [2.24, 2.45) is 17.6 Å². The molecule has 118 valence electrons. The first-order valence-electron chi connectivity index (χ1n) is 8.33. The van der Waals surface area contributed by atoms with Gasteiger partial charge in [0.1, 0.15) is 0 Å². The number of nitrogens with two attached hydrogens (primary N) is 1. The van der Waals surface area contributed by atoms with Crippen molar-refractivity contribution < 1.29 is 0 Å². The van der Waals surface area contributed by atoms with Gasteiger partial charge in [0.15, 0.2) is 0 Å². The summed E-state index contributed by atoms with van der Waals surface area (Å²) in [5, 5.41) is 0. The maximum atomic E-state index is 6.26. The first-order valence-corrected chi connectivity index (χ1v) is 8.33. The van der Waals surface area contributed by atoms with Crippen LogP contribution in [0.2, 0.25) is 0 Å². The van der Waals surface area contributed by atoms with Gasteiger partial charge in [-0.3, -0.25) is 0 Å². The topological polar surface area (TPSA) is 26.0 Å². The molecule has 0 aromatic carbocycles. The van der Waals surface area contributed by atoms with Crippen LogP contribution in [0, 0.1) is 11.8 Å². The van der Waals surface area contributed by atoms with Gasteiger partial charge in [-0.2, -0.15) is 0 Å². The fourth-order valence-corrected chi connectivity index (χ4v) is 2.48. The summed E-state index contributed by atoms with van der Waals surface area (Å²) in [4.78, 5) is 0. The lowest BCUT2D eigenvalue weighted by Gasteiger charge is -2.21. The molecular weight excluding hydrogens is 242 g/mol. The zero-order chi connectivity index (χ0) is 16.1. The number of hydrogen-bond donors (Lipinski definition) is 1. The molecule has 1 saturated carbocycles. The summed E-state index contributed by atoms with van der Waals surface area (Å²) in [5.74, 6) is 1.15. The largest absolute Gasteiger partial charge is 0.327 e. The van der Waals surface area contributed by atoms with Crippen molar-refractivity contribution in [2.75, 3.05) is 0 Å². The highest BCUT2D eigenvalue weighted by molar-refractivity contribution is 5.35. The van der Waals surface area contributed by atoms with Gasteiger partial charge in [0.25, 0.3) is 0 Å². The highest BCUT2D eigenvalue weighted by Crippen LogP contribution is 2.33. The van der Waals surface area contributed by atoms with E-state index in [-0.39, 0.29) is 0 Å². The van der Waals surface area contributed by atoms with Gasteiger partial charge >= 0.3 is 0 Å². The number of hydrogen-bond acceptors (Lipinski definition) is 1. The second kappa shape index (κ2) is 13.2. The molecule has 0 amide bonds. The smallest absolute Gasteiger partial charge is 0.00967 e. The predicted molar refractivity (Wildman–Crippen MR) is 94.9 cm³/mol. The molecule has 0 spiro atoms. The molecular formula is C19H37N. The Labute approximate surface area is 128 Å². The fraction of sp³-hybridized carbons (Fsp3) is 0.684. The molecule has 3 unspecified atom stereocenters. The molecule has 0 aromatic heterocycles. The van der Waals surface area contributed by atoms with Crippen LogP contribution in [0.5, 0.6) is 0 Å². The lowest BCUT2D eigenvalue weighted by molar-refractivity contribution is 0.358. The van der Waals surface area contributed by atoms with Gasteiger partial charge in [0.2, 0.25) is 0 Å². The van der Waals surface area contributed by atoms with E-state index in [0.29, 0.717) is 17.9 Å². The molecule has 1 heteroatoms. The fourth-order valence-electron chi connectivity index (χ4n) is 2.48. The van der Waals surface area contributed by atoms with Crippen LogP contribution in [0.3, 0.4) is 0 Å². The number of allylic oxidation sites excluding steroid dienone is 6. The summed E-state index contributed by atoms with van der Waals surface area (Å²) in [5.41, 5.74) is 9.20. The molecule has 0 radical (unpaired) electrons. The molecule has 1 nitrogen and oxygen atoms in total. The van der Waals surface area contributed by atoms with E-state index in [0.717, 1.165) is 12.8 Å². The highest BCUT2D eigenvalue weighted by atomic mass is 14.7. The van der Waals surface area contributed by atoms with Crippen LogP contribution < -0.4 is 5.73 Å². The summed E-state index contributed by atoms with van der Waals surface area (Å²) in [6, 6.07) is 0.325. The molecule has 0 bridgehead atoms. The van der Waals surface area contributed by atoms with Crippen molar-refractivity contribution >= 4 is 0 Å². The molecule has 1 fully saturated rings. The minimum atomic E-state index is 0.325. The molecule has 1 rings (SSSR count). The zero-order valence-corrected chi connectivity index (χ0v) is 15.0. The minimum absolute atomic E-state index is 0.325. The highest BCUT2D eigenvalue weighted by Gasteiger charge is 2.26. The zero-order valence-electron chi connectivity index (χ0n) is 15.0. The van der Waals surface area contributed by atoms with Crippen LogP contribution in [0.1, 0.15) is 68.2 Å². The van der Waals surface area contributed by atoms with E-state index in [1.54, 1.807) is 0 Å². The molecule has 20 heavy (non-hydrogen) atoms. The molecule has 0 aliphatic heterocycles. The van der Waals surface area contributed by atoms with E-state index in [1.165, 1.54) is 11.1 Å². The normalized spacial score (nSPS) is 30.4. The average Bonchev–Trinajstić information content (AvgIpc) is 2.60. The van der Waals surface area contributed by atoms with E-state index in [9.17, 15) is 0 Å². The predicted octanol–water partition coefficient (Wildman–Crippen LogP) is 5.88. The maximum absolute atomic E-state index is 6.26.